The minimum Gasteiger partial charge on any atom is -0.454 e. The van der Waals surface area contributed by atoms with Gasteiger partial charge in [-0.2, -0.15) is 11.8 Å². The second kappa shape index (κ2) is 10.1. The highest BCUT2D eigenvalue weighted by Crippen LogP contribution is 2.36. The van der Waals surface area contributed by atoms with Gasteiger partial charge in [-0.05, 0) is 24.6 Å². The Hall–Kier alpha value is -1.30. The highest BCUT2D eigenvalue weighted by Gasteiger charge is 2.18. The fourth-order valence-electron chi connectivity index (χ4n) is 2.29. The molecule has 0 fully saturated rings. The number of hydrogen-bond donors (Lipinski definition) is 2. The molecule has 1 aromatic carbocycles. The summed E-state index contributed by atoms with van der Waals surface area (Å²) in [6, 6.07) is 6.30. The summed E-state index contributed by atoms with van der Waals surface area (Å²) in [7, 11) is 1.41. The summed E-state index contributed by atoms with van der Waals surface area (Å²) in [5.74, 6) is -0.215. The van der Waals surface area contributed by atoms with Crippen molar-refractivity contribution in [2.75, 3.05) is 12.5 Å². The number of ether oxygens (including phenoxy) is 1. The largest absolute Gasteiger partial charge is 0.454 e. The molecule has 0 bridgehead atoms. The van der Waals surface area contributed by atoms with E-state index in [1.165, 1.54) is 27.4 Å². The van der Waals surface area contributed by atoms with E-state index in [1.54, 1.807) is 17.8 Å². The van der Waals surface area contributed by atoms with E-state index in [0.717, 1.165) is 11.6 Å². The summed E-state index contributed by atoms with van der Waals surface area (Å²) >= 11 is 3.85. The van der Waals surface area contributed by atoms with E-state index in [0.29, 0.717) is 22.5 Å². The Morgan fingerprint density at radius 1 is 1.38 bits per heavy atom. The van der Waals surface area contributed by atoms with Crippen LogP contribution in [0, 0.1) is 11.2 Å². The average Bonchev–Trinajstić information content (AvgIpc) is 3.05. The van der Waals surface area contributed by atoms with Crippen molar-refractivity contribution in [3.05, 3.63) is 53.7 Å². The standard InChI is InChI=1S/C15H11FIN3O2S.C2H6S/c16-13-6-14-11(2-4-20(14)23-17)12(8-21)15(13)22-10-1-3-19-9(5-10)7-18;1-3-2/h1-7,18,21H,8H2;1-2H3. The highest BCUT2D eigenvalue weighted by atomic mass is 127. The normalized spacial score (nSPS) is 10.3. The quantitative estimate of drug-likeness (QED) is 0.365. The molecule has 0 saturated carbocycles. The summed E-state index contributed by atoms with van der Waals surface area (Å²) in [4.78, 5) is 3.96. The van der Waals surface area contributed by atoms with Gasteiger partial charge in [0.15, 0.2) is 11.6 Å². The summed E-state index contributed by atoms with van der Waals surface area (Å²) in [5, 5.41) is 17.6. The van der Waals surface area contributed by atoms with Crippen LogP contribution in [0.3, 0.4) is 0 Å². The Bertz CT molecular complexity index is 905. The number of hydrogen-bond acceptors (Lipinski definition) is 6. The number of aromatic nitrogens is 2. The summed E-state index contributed by atoms with van der Waals surface area (Å²) in [5.41, 5.74) is 1.47. The van der Waals surface area contributed by atoms with E-state index < -0.39 is 5.82 Å². The van der Waals surface area contributed by atoms with Crippen molar-refractivity contribution in [1.29, 1.82) is 5.41 Å². The SMILES string of the molecule is CSC.N=Cc1cc(Oc2c(F)cc3c(ccn3SI)c2CO)ccn1. The van der Waals surface area contributed by atoms with Gasteiger partial charge in [-0.1, -0.05) is 0 Å². The van der Waals surface area contributed by atoms with Crippen molar-refractivity contribution < 1.29 is 14.2 Å². The molecule has 0 unspecified atom stereocenters. The highest BCUT2D eigenvalue weighted by molar-refractivity contribution is 14.2. The second-order valence-electron chi connectivity index (χ2n) is 5.04. The number of aliphatic hydroxyl groups is 1. The minimum atomic E-state index is -0.555. The molecule has 9 heteroatoms. The number of nitrogens with zero attached hydrogens (tertiary/aromatic N) is 2. The molecule has 0 saturated heterocycles. The number of benzene rings is 1. The first-order valence-electron chi connectivity index (χ1n) is 7.36. The number of fused-ring (bicyclic) bond motifs is 1. The predicted octanol–water partition coefficient (Wildman–Crippen LogP) is 5.28. The second-order valence-corrected chi connectivity index (χ2v) is 7.57. The van der Waals surface area contributed by atoms with Gasteiger partial charge in [0.1, 0.15) is 5.75 Å². The van der Waals surface area contributed by atoms with Crippen molar-refractivity contribution in [3.63, 3.8) is 0 Å². The van der Waals surface area contributed by atoms with Crippen LogP contribution >= 0.6 is 42.1 Å². The van der Waals surface area contributed by atoms with Crippen molar-refractivity contribution in [3.8, 4) is 11.5 Å². The number of aliphatic hydroxyl groups excluding tert-OH is 1. The summed E-state index contributed by atoms with van der Waals surface area (Å²) < 4.78 is 21.9. The summed E-state index contributed by atoms with van der Waals surface area (Å²) in [6.45, 7) is -0.345. The van der Waals surface area contributed by atoms with Crippen LogP contribution in [0.15, 0.2) is 36.7 Å². The van der Waals surface area contributed by atoms with Gasteiger partial charge in [0.25, 0.3) is 0 Å². The van der Waals surface area contributed by atoms with E-state index in [9.17, 15) is 9.50 Å². The van der Waals surface area contributed by atoms with E-state index in [1.807, 2.05) is 28.7 Å². The van der Waals surface area contributed by atoms with Crippen LogP contribution in [0.4, 0.5) is 4.39 Å². The average molecular weight is 505 g/mol. The van der Waals surface area contributed by atoms with Gasteiger partial charge in [-0.3, -0.25) is 8.96 Å². The first kappa shape index (κ1) is 21.0. The van der Waals surface area contributed by atoms with Gasteiger partial charge in [0.2, 0.25) is 0 Å². The molecular weight excluding hydrogens is 488 g/mol. The maximum atomic E-state index is 14.5. The van der Waals surface area contributed by atoms with Crippen molar-refractivity contribution >= 4 is 59.2 Å². The predicted molar refractivity (Wildman–Crippen MR) is 116 cm³/mol. The van der Waals surface area contributed by atoms with E-state index in [2.05, 4.69) is 26.2 Å². The number of nitrogens with one attached hydrogen (secondary N) is 1. The van der Waals surface area contributed by atoms with E-state index >= 15 is 0 Å². The molecule has 2 N–H and O–H groups in total. The van der Waals surface area contributed by atoms with Crippen LogP contribution in [-0.2, 0) is 6.61 Å². The number of pyridine rings is 1. The zero-order chi connectivity index (χ0) is 19.1. The lowest BCUT2D eigenvalue weighted by Gasteiger charge is -2.13. The van der Waals surface area contributed by atoms with E-state index in [4.69, 9.17) is 10.1 Å². The van der Waals surface area contributed by atoms with Crippen LogP contribution in [0.1, 0.15) is 11.3 Å². The molecule has 26 heavy (non-hydrogen) atoms. The van der Waals surface area contributed by atoms with Gasteiger partial charge in [-0.25, -0.2) is 4.39 Å². The lowest BCUT2D eigenvalue weighted by molar-refractivity contribution is 0.276. The third kappa shape index (κ3) is 4.70. The van der Waals surface area contributed by atoms with Crippen LogP contribution in [0.5, 0.6) is 11.5 Å². The molecule has 0 aliphatic carbocycles. The van der Waals surface area contributed by atoms with Gasteiger partial charge < -0.3 is 15.3 Å². The lowest BCUT2D eigenvalue weighted by atomic mass is 10.1. The molecule has 0 spiro atoms. The molecule has 5 nitrogen and oxygen atoms in total. The number of thioether (sulfide) groups is 1. The molecule has 0 aliphatic heterocycles. The van der Waals surface area contributed by atoms with Crippen molar-refractivity contribution in [2.24, 2.45) is 0 Å². The Morgan fingerprint density at radius 3 is 2.73 bits per heavy atom. The number of halogens is 2. The molecule has 2 aromatic heterocycles. The Balaban J connectivity index is 0.000000758. The zero-order valence-corrected chi connectivity index (χ0v) is 17.9. The molecule has 0 amide bonds. The zero-order valence-electron chi connectivity index (χ0n) is 14.1. The molecule has 138 valence electrons. The smallest absolute Gasteiger partial charge is 0.169 e. The van der Waals surface area contributed by atoms with Gasteiger partial charge in [0.05, 0.1) is 17.8 Å². The monoisotopic (exact) mass is 505 g/mol. The first-order valence-corrected chi connectivity index (χ1v) is 12.3. The maximum absolute atomic E-state index is 14.5. The van der Waals surface area contributed by atoms with E-state index in [-0.39, 0.29) is 12.4 Å². The first-order chi connectivity index (χ1) is 12.6. The molecule has 2 heterocycles. The van der Waals surface area contributed by atoms with Crippen molar-refractivity contribution in [1.82, 2.24) is 8.96 Å². The maximum Gasteiger partial charge on any atom is 0.169 e. The topological polar surface area (TPSA) is 71.1 Å². The van der Waals surface area contributed by atoms with Gasteiger partial charge in [-0.15, -0.1) is 0 Å². The molecule has 0 radical (unpaired) electrons. The van der Waals surface area contributed by atoms with Crippen molar-refractivity contribution in [2.45, 2.75) is 6.61 Å². The fraction of sp³-hybridized carbons (Fsp3) is 0.176. The molecule has 0 atom stereocenters. The van der Waals surface area contributed by atoms with Crippen LogP contribution in [0.2, 0.25) is 0 Å². The Morgan fingerprint density at radius 2 is 2.12 bits per heavy atom. The number of rotatable bonds is 5. The van der Waals surface area contributed by atoms with Gasteiger partial charge in [0, 0.05) is 72.0 Å². The Kier molecular flexibility index (Phi) is 8.19. The van der Waals surface area contributed by atoms with Gasteiger partial charge >= 0.3 is 0 Å². The minimum absolute atomic E-state index is 0.0154. The Labute approximate surface area is 171 Å². The molecule has 3 aromatic rings. The third-order valence-corrected chi connectivity index (χ3v) is 5.06. The molecular formula is C17H17FIN3O2S2. The van der Waals surface area contributed by atoms with Crippen LogP contribution in [0.25, 0.3) is 10.9 Å². The molecule has 0 aliphatic rings. The van der Waals surface area contributed by atoms with Crippen LogP contribution in [-0.4, -0.2) is 32.8 Å². The third-order valence-electron chi connectivity index (χ3n) is 3.32. The fourth-order valence-corrected chi connectivity index (χ4v) is 3.65. The summed E-state index contributed by atoms with van der Waals surface area (Å²) in [6.07, 6.45) is 8.45. The molecule has 3 rings (SSSR count). The van der Waals surface area contributed by atoms with Crippen LogP contribution < -0.4 is 4.74 Å². The lowest BCUT2D eigenvalue weighted by Crippen LogP contribution is -1.98.